The van der Waals surface area contributed by atoms with Crippen molar-refractivity contribution >= 4 is 17.9 Å². The van der Waals surface area contributed by atoms with Crippen LogP contribution in [0.25, 0.3) is 0 Å². The molecule has 0 bridgehead atoms. The molecular weight excluding hydrogens is 694 g/mol. The number of carbonyl (C=O) groups excluding carboxylic acids is 2. The molecule has 2 atom stereocenters. The Kier molecular flexibility index (Phi) is 12.6. The maximum Gasteiger partial charge on any atom is 0.416 e. The number of benzene rings is 3. The molecule has 5 aromatic rings. The number of ether oxygens (including phenoxy) is 4. The largest absolute Gasteiger partial charge is 0.465 e. The molecule has 276 valence electrons. The van der Waals surface area contributed by atoms with E-state index in [9.17, 15) is 27.2 Å². The molecule has 53 heavy (non-hydrogen) atoms. The van der Waals surface area contributed by atoms with Crippen LogP contribution in [0.2, 0.25) is 0 Å². The minimum absolute atomic E-state index is 0.00262. The molecule has 0 spiro atoms. The second-order valence-corrected chi connectivity index (χ2v) is 12.2. The van der Waals surface area contributed by atoms with Crippen LogP contribution in [0.4, 0.5) is 28.2 Å². The lowest BCUT2D eigenvalue weighted by Gasteiger charge is -2.37. The summed E-state index contributed by atoms with van der Waals surface area (Å²) in [5.41, 5.74) is 1.67. The van der Waals surface area contributed by atoms with E-state index in [4.69, 9.17) is 9.47 Å². The zero-order valence-electron chi connectivity index (χ0n) is 29.1. The number of amides is 1. The first-order valence-corrected chi connectivity index (χ1v) is 16.6. The maximum absolute atomic E-state index is 13.9. The molecule has 2 heterocycles. The third-order valence-corrected chi connectivity index (χ3v) is 8.48. The van der Waals surface area contributed by atoms with Gasteiger partial charge >= 0.3 is 25.3 Å². The minimum Gasteiger partial charge on any atom is -0.465 e. The number of hydrogen-bond donors (Lipinski definition) is 0. The van der Waals surface area contributed by atoms with Crippen molar-refractivity contribution in [3.63, 3.8) is 0 Å². The van der Waals surface area contributed by atoms with Crippen LogP contribution < -0.4 is 14.4 Å². The van der Waals surface area contributed by atoms with Gasteiger partial charge in [0.25, 0.3) is 0 Å². The van der Waals surface area contributed by atoms with Gasteiger partial charge in [0.15, 0.2) is 11.5 Å². The first kappa shape index (κ1) is 38.3. The quantitative estimate of drug-likeness (QED) is 0.0777. The van der Waals surface area contributed by atoms with Gasteiger partial charge in [-0.1, -0.05) is 72.8 Å². The highest BCUT2D eigenvalue weighted by molar-refractivity contribution is 5.88. The number of halogens is 4. The summed E-state index contributed by atoms with van der Waals surface area (Å²) in [6, 6.07) is 28.5. The van der Waals surface area contributed by atoms with Gasteiger partial charge in [0.2, 0.25) is 0 Å². The van der Waals surface area contributed by atoms with Crippen LogP contribution in [-0.2, 0) is 26.4 Å². The van der Waals surface area contributed by atoms with Gasteiger partial charge in [-0.25, -0.2) is 9.78 Å². The van der Waals surface area contributed by atoms with E-state index in [0.29, 0.717) is 11.1 Å². The number of aromatic nitrogens is 2. The SMILES string of the molecule is CCOC(=O)C(c1ccncc1)C(c1ccc(N(C(=O)OCc2ccccc2)C(C)(C)c2ccccc2)nc1)c1ccc(OC(F)F)c(OC(F)F)c1. The Morgan fingerprint density at radius 3 is 1.96 bits per heavy atom. The predicted molar refractivity (Wildman–Crippen MR) is 188 cm³/mol. The van der Waals surface area contributed by atoms with Crippen molar-refractivity contribution in [2.24, 2.45) is 0 Å². The Morgan fingerprint density at radius 1 is 0.736 bits per heavy atom. The number of esters is 1. The van der Waals surface area contributed by atoms with E-state index in [0.717, 1.165) is 23.3 Å². The maximum atomic E-state index is 13.9. The van der Waals surface area contributed by atoms with Crippen LogP contribution in [0.15, 0.2) is 122 Å². The number of anilines is 1. The van der Waals surface area contributed by atoms with Gasteiger partial charge in [-0.3, -0.25) is 14.7 Å². The summed E-state index contributed by atoms with van der Waals surface area (Å²) in [4.78, 5) is 37.8. The van der Waals surface area contributed by atoms with Gasteiger partial charge in [-0.15, -0.1) is 0 Å². The molecule has 5 rings (SSSR count). The average molecular weight is 732 g/mol. The molecule has 0 radical (unpaired) electrons. The fourth-order valence-corrected chi connectivity index (χ4v) is 6.03. The Labute approximate surface area is 304 Å². The first-order valence-electron chi connectivity index (χ1n) is 16.6. The van der Waals surface area contributed by atoms with E-state index in [1.54, 1.807) is 31.2 Å². The molecule has 2 unspecified atom stereocenters. The van der Waals surface area contributed by atoms with E-state index in [1.807, 2.05) is 74.5 Å². The van der Waals surface area contributed by atoms with E-state index < -0.39 is 54.2 Å². The second kappa shape index (κ2) is 17.5. The Bertz CT molecular complexity index is 1940. The van der Waals surface area contributed by atoms with Crippen LogP contribution in [0.3, 0.4) is 0 Å². The van der Waals surface area contributed by atoms with Crippen LogP contribution in [0, 0.1) is 0 Å². The normalized spacial score (nSPS) is 12.5. The van der Waals surface area contributed by atoms with E-state index >= 15 is 0 Å². The fraction of sp³-hybridized carbons (Fsp3) is 0.250. The summed E-state index contributed by atoms with van der Waals surface area (Å²) in [5, 5.41) is 0. The van der Waals surface area contributed by atoms with Gasteiger partial charge in [0.05, 0.1) is 18.1 Å². The first-order chi connectivity index (χ1) is 25.5. The molecule has 3 aromatic carbocycles. The lowest BCUT2D eigenvalue weighted by molar-refractivity contribution is -0.145. The molecule has 0 aliphatic rings. The molecule has 1 amide bonds. The lowest BCUT2D eigenvalue weighted by atomic mass is 9.77. The second-order valence-electron chi connectivity index (χ2n) is 12.2. The molecule has 9 nitrogen and oxygen atoms in total. The highest BCUT2D eigenvalue weighted by Crippen LogP contribution is 2.43. The summed E-state index contributed by atoms with van der Waals surface area (Å²) in [6.45, 7) is -1.33. The highest BCUT2D eigenvalue weighted by atomic mass is 19.3. The Hall–Kier alpha value is -5.98. The minimum atomic E-state index is -3.37. The zero-order chi connectivity index (χ0) is 38.0. The highest BCUT2D eigenvalue weighted by Gasteiger charge is 2.38. The molecule has 2 aromatic heterocycles. The zero-order valence-corrected chi connectivity index (χ0v) is 29.1. The Morgan fingerprint density at radius 2 is 1.36 bits per heavy atom. The van der Waals surface area contributed by atoms with Crippen LogP contribution in [0.5, 0.6) is 11.5 Å². The molecule has 0 saturated carbocycles. The smallest absolute Gasteiger partial charge is 0.416 e. The van der Waals surface area contributed by atoms with Crippen molar-refractivity contribution in [1.29, 1.82) is 0 Å². The number of rotatable bonds is 15. The van der Waals surface area contributed by atoms with Gasteiger partial charge in [0, 0.05) is 24.5 Å². The number of pyridine rings is 2. The summed E-state index contributed by atoms with van der Waals surface area (Å²) in [5.74, 6) is -3.84. The number of hydrogen-bond acceptors (Lipinski definition) is 8. The van der Waals surface area contributed by atoms with E-state index in [-0.39, 0.29) is 24.6 Å². The van der Waals surface area contributed by atoms with Crippen molar-refractivity contribution in [3.8, 4) is 11.5 Å². The van der Waals surface area contributed by atoms with Crippen molar-refractivity contribution in [1.82, 2.24) is 9.97 Å². The summed E-state index contributed by atoms with van der Waals surface area (Å²) < 4.78 is 73.7. The van der Waals surface area contributed by atoms with Crippen molar-refractivity contribution < 1.29 is 46.1 Å². The number of alkyl halides is 4. The predicted octanol–water partition coefficient (Wildman–Crippen LogP) is 9.24. The molecule has 0 fully saturated rings. The van der Waals surface area contributed by atoms with E-state index in [2.05, 4.69) is 19.4 Å². The molecule has 0 N–H and O–H groups in total. The molecule has 0 aliphatic carbocycles. The third kappa shape index (κ3) is 9.47. The van der Waals surface area contributed by atoms with Crippen LogP contribution >= 0.6 is 0 Å². The molecule has 0 aliphatic heterocycles. The summed E-state index contributed by atoms with van der Waals surface area (Å²) >= 11 is 0. The average Bonchev–Trinajstić information content (AvgIpc) is 3.15. The standard InChI is InChI=1S/C40H37F4N3O6/c1-4-50-36(48)35(27-19-21-45-22-20-27)34(28-15-17-31(52-37(41)42)32(23-28)53-38(43)44)29-16-18-33(46-24-29)47(40(2,3)30-13-9-6-10-14-30)39(49)51-25-26-11-7-5-8-12-26/h5-24,34-35,37-38H,4,25H2,1-3H3. The van der Waals surface area contributed by atoms with Crippen molar-refractivity contribution in [2.75, 3.05) is 11.5 Å². The van der Waals surface area contributed by atoms with Crippen LogP contribution in [-0.4, -0.2) is 41.9 Å². The van der Waals surface area contributed by atoms with Gasteiger partial charge in [-0.2, -0.15) is 17.6 Å². The topological polar surface area (TPSA) is 100 Å². The molecule has 0 saturated heterocycles. The van der Waals surface area contributed by atoms with E-state index in [1.165, 1.54) is 29.6 Å². The summed E-state index contributed by atoms with van der Waals surface area (Å²) in [6.07, 6.45) is 3.73. The number of nitrogens with zero attached hydrogens (tertiary/aromatic N) is 3. The third-order valence-electron chi connectivity index (χ3n) is 8.48. The van der Waals surface area contributed by atoms with Gasteiger partial charge in [0.1, 0.15) is 12.4 Å². The molecule has 13 heteroatoms. The van der Waals surface area contributed by atoms with Crippen molar-refractivity contribution in [3.05, 3.63) is 150 Å². The molecular formula is C40H37F4N3O6. The van der Waals surface area contributed by atoms with Gasteiger partial charge in [-0.05, 0) is 78.9 Å². The van der Waals surface area contributed by atoms with Crippen molar-refractivity contribution in [2.45, 2.75) is 58.0 Å². The summed E-state index contributed by atoms with van der Waals surface area (Å²) in [7, 11) is 0. The number of carbonyl (C=O) groups is 2. The fourth-order valence-electron chi connectivity index (χ4n) is 6.03. The van der Waals surface area contributed by atoms with Crippen LogP contribution in [0.1, 0.15) is 60.4 Å². The monoisotopic (exact) mass is 731 g/mol. The lowest BCUT2D eigenvalue weighted by Crippen LogP contribution is -2.46. The Balaban J connectivity index is 1.63. The van der Waals surface area contributed by atoms with Gasteiger partial charge < -0.3 is 18.9 Å².